The normalized spacial score (nSPS) is 11.2. The minimum Gasteiger partial charge on any atom is -0.350 e. The van der Waals surface area contributed by atoms with Gasteiger partial charge in [0.2, 0.25) is 5.91 Å². The van der Waals surface area contributed by atoms with Gasteiger partial charge < -0.3 is 10.2 Å². The van der Waals surface area contributed by atoms with E-state index in [0.717, 1.165) is 5.56 Å². The molecule has 0 aliphatic rings. The molecule has 0 saturated carbocycles. The smallest absolute Gasteiger partial charge is 0.257 e. The number of halogens is 1. The number of nitrogens with zero attached hydrogens (tertiary/aromatic N) is 2. The van der Waals surface area contributed by atoms with Crippen molar-refractivity contribution in [3.8, 4) is 11.3 Å². The summed E-state index contributed by atoms with van der Waals surface area (Å²) in [6.45, 7) is 5.64. The predicted octanol–water partition coefficient (Wildman–Crippen LogP) is 2.72. The molecule has 2 aromatic rings. The Morgan fingerprint density at radius 3 is 2.46 bits per heavy atom. The van der Waals surface area contributed by atoms with Crippen LogP contribution < -0.4 is 5.32 Å². The first-order chi connectivity index (χ1) is 11.2. The van der Waals surface area contributed by atoms with Crippen LogP contribution in [0.1, 0.15) is 31.1 Å². The van der Waals surface area contributed by atoms with Gasteiger partial charge in [-0.2, -0.15) is 5.10 Å². The number of amides is 2. The standard InChI is InChI=1S/C17H21ClN4O2/c1-17(2,3)20-14(23)10-22(4)16(24)13-9-19-21-15(13)11-5-7-12(18)8-6-11/h5-9H,10H2,1-4H3,(H,19,21)(H,20,23). The van der Waals surface area contributed by atoms with Gasteiger partial charge in [0.25, 0.3) is 5.91 Å². The third kappa shape index (κ3) is 4.58. The fourth-order valence-electron chi connectivity index (χ4n) is 2.24. The first-order valence-electron chi connectivity index (χ1n) is 7.53. The quantitative estimate of drug-likeness (QED) is 0.891. The number of hydrogen-bond acceptors (Lipinski definition) is 3. The molecule has 1 aromatic carbocycles. The van der Waals surface area contributed by atoms with Crippen molar-refractivity contribution >= 4 is 23.4 Å². The zero-order chi connectivity index (χ0) is 17.9. The van der Waals surface area contributed by atoms with Gasteiger partial charge in [-0.25, -0.2) is 0 Å². The highest BCUT2D eigenvalue weighted by molar-refractivity contribution is 6.30. The van der Waals surface area contributed by atoms with E-state index in [9.17, 15) is 9.59 Å². The molecule has 2 amide bonds. The van der Waals surface area contributed by atoms with Crippen LogP contribution in [0.4, 0.5) is 0 Å². The molecule has 1 aromatic heterocycles. The molecule has 6 nitrogen and oxygen atoms in total. The summed E-state index contributed by atoms with van der Waals surface area (Å²) in [5.74, 6) is -0.493. The van der Waals surface area contributed by atoms with Gasteiger partial charge in [0.05, 0.1) is 24.0 Å². The van der Waals surface area contributed by atoms with Crippen molar-refractivity contribution in [3.05, 3.63) is 41.0 Å². The maximum atomic E-state index is 12.6. The zero-order valence-corrected chi connectivity index (χ0v) is 14.9. The second kappa shape index (κ2) is 7.05. The number of carbonyl (C=O) groups excluding carboxylic acids is 2. The predicted molar refractivity (Wildman–Crippen MR) is 93.9 cm³/mol. The molecule has 0 aliphatic carbocycles. The van der Waals surface area contributed by atoms with Crippen molar-refractivity contribution in [1.29, 1.82) is 0 Å². The molecule has 2 rings (SSSR count). The monoisotopic (exact) mass is 348 g/mol. The molecule has 0 unspecified atom stereocenters. The molecule has 0 saturated heterocycles. The Balaban J connectivity index is 2.14. The van der Waals surface area contributed by atoms with Crippen LogP contribution in [-0.2, 0) is 4.79 Å². The third-order valence-electron chi connectivity index (χ3n) is 3.24. The lowest BCUT2D eigenvalue weighted by molar-refractivity contribution is -0.122. The molecule has 0 bridgehead atoms. The van der Waals surface area contributed by atoms with Gasteiger partial charge in [0.15, 0.2) is 0 Å². The summed E-state index contributed by atoms with van der Waals surface area (Å²) in [6, 6.07) is 7.09. The van der Waals surface area contributed by atoms with Crippen molar-refractivity contribution in [2.24, 2.45) is 0 Å². The first kappa shape index (κ1) is 18.0. The summed E-state index contributed by atoms with van der Waals surface area (Å²) in [5, 5.41) is 10.2. The van der Waals surface area contributed by atoms with E-state index in [2.05, 4.69) is 15.5 Å². The summed E-state index contributed by atoms with van der Waals surface area (Å²) < 4.78 is 0. The van der Waals surface area contributed by atoms with Crippen LogP contribution in [0, 0.1) is 0 Å². The maximum Gasteiger partial charge on any atom is 0.257 e. The maximum absolute atomic E-state index is 12.6. The van der Waals surface area contributed by atoms with Crippen LogP contribution in [0.25, 0.3) is 11.3 Å². The summed E-state index contributed by atoms with van der Waals surface area (Å²) in [4.78, 5) is 26.0. The lowest BCUT2D eigenvalue weighted by Gasteiger charge is -2.23. The molecule has 128 valence electrons. The molecule has 2 N–H and O–H groups in total. The topological polar surface area (TPSA) is 78.1 Å². The average molecular weight is 349 g/mol. The van der Waals surface area contributed by atoms with Crippen molar-refractivity contribution in [1.82, 2.24) is 20.4 Å². The molecule has 0 radical (unpaired) electrons. The van der Waals surface area contributed by atoms with Crippen molar-refractivity contribution in [3.63, 3.8) is 0 Å². The highest BCUT2D eigenvalue weighted by Gasteiger charge is 2.22. The van der Waals surface area contributed by atoms with Crippen LogP contribution in [0.2, 0.25) is 5.02 Å². The zero-order valence-electron chi connectivity index (χ0n) is 14.2. The molecule has 24 heavy (non-hydrogen) atoms. The van der Waals surface area contributed by atoms with E-state index in [1.165, 1.54) is 11.1 Å². The number of hydrogen-bond donors (Lipinski definition) is 2. The summed E-state index contributed by atoms with van der Waals surface area (Å²) in [7, 11) is 1.59. The summed E-state index contributed by atoms with van der Waals surface area (Å²) in [5.41, 5.74) is 1.46. The van der Waals surface area contributed by atoms with Gasteiger partial charge in [-0.3, -0.25) is 14.7 Å². The second-order valence-corrected chi connectivity index (χ2v) is 7.06. The van der Waals surface area contributed by atoms with E-state index >= 15 is 0 Å². The molecule has 0 fully saturated rings. The van der Waals surface area contributed by atoms with Gasteiger partial charge in [-0.15, -0.1) is 0 Å². The molecule has 1 heterocycles. The number of aromatic amines is 1. The Bertz CT molecular complexity index is 732. The SMILES string of the molecule is CN(CC(=O)NC(C)(C)C)C(=O)c1cn[nH]c1-c1ccc(Cl)cc1. The molecular formula is C17H21ClN4O2. The number of carbonyl (C=O) groups is 2. The third-order valence-corrected chi connectivity index (χ3v) is 3.50. The number of aromatic nitrogens is 2. The highest BCUT2D eigenvalue weighted by atomic mass is 35.5. The minimum absolute atomic E-state index is 0.0264. The fraction of sp³-hybridized carbons (Fsp3) is 0.353. The lowest BCUT2D eigenvalue weighted by Crippen LogP contribution is -2.46. The number of nitrogens with one attached hydrogen (secondary N) is 2. The second-order valence-electron chi connectivity index (χ2n) is 6.62. The molecule has 0 atom stereocenters. The minimum atomic E-state index is -0.342. The number of H-pyrrole nitrogens is 1. The number of benzene rings is 1. The van der Waals surface area contributed by atoms with Crippen LogP contribution >= 0.6 is 11.6 Å². The summed E-state index contributed by atoms with van der Waals surface area (Å²) >= 11 is 5.89. The van der Waals surface area contributed by atoms with E-state index in [4.69, 9.17) is 11.6 Å². The Morgan fingerprint density at radius 2 is 1.88 bits per heavy atom. The van der Waals surface area contributed by atoms with E-state index < -0.39 is 0 Å². The van der Waals surface area contributed by atoms with Crippen molar-refractivity contribution in [2.75, 3.05) is 13.6 Å². The Kier molecular flexibility index (Phi) is 5.29. The lowest BCUT2D eigenvalue weighted by atomic mass is 10.1. The first-order valence-corrected chi connectivity index (χ1v) is 7.91. The van der Waals surface area contributed by atoms with Gasteiger partial charge >= 0.3 is 0 Å². The molecular weight excluding hydrogens is 328 g/mol. The van der Waals surface area contributed by atoms with Crippen LogP contribution in [-0.4, -0.2) is 46.0 Å². The summed E-state index contributed by atoms with van der Waals surface area (Å²) in [6.07, 6.45) is 1.46. The number of likely N-dealkylation sites (N-methyl/N-ethyl adjacent to an activating group) is 1. The van der Waals surface area contributed by atoms with Gasteiger partial charge in [0.1, 0.15) is 0 Å². The van der Waals surface area contributed by atoms with Gasteiger partial charge in [-0.1, -0.05) is 23.7 Å². The van der Waals surface area contributed by atoms with Crippen LogP contribution in [0.5, 0.6) is 0 Å². The average Bonchev–Trinajstić information content (AvgIpc) is 2.94. The molecule has 0 aliphatic heterocycles. The number of rotatable bonds is 4. The van der Waals surface area contributed by atoms with Crippen LogP contribution in [0.3, 0.4) is 0 Å². The van der Waals surface area contributed by atoms with Crippen molar-refractivity contribution < 1.29 is 9.59 Å². The van der Waals surface area contributed by atoms with E-state index in [1.807, 2.05) is 20.8 Å². The van der Waals surface area contributed by atoms with E-state index in [-0.39, 0.29) is 23.9 Å². The van der Waals surface area contributed by atoms with Gasteiger partial charge in [-0.05, 0) is 32.9 Å². The largest absolute Gasteiger partial charge is 0.350 e. The highest BCUT2D eigenvalue weighted by Crippen LogP contribution is 2.23. The van der Waals surface area contributed by atoms with E-state index in [1.54, 1.807) is 31.3 Å². The Hall–Kier alpha value is -2.34. The van der Waals surface area contributed by atoms with Crippen LogP contribution in [0.15, 0.2) is 30.5 Å². The molecule has 7 heteroatoms. The Labute approximate surface area is 146 Å². The fourth-order valence-corrected chi connectivity index (χ4v) is 2.36. The van der Waals surface area contributed by atoms with Gasteiger partial charge in [0, 0.05) is 23.2 Å². The van der Waals surface area contributed by atoms with Crippen molar-refractivity contribution in [2.45, 2.75) is 26.3 Å². The molecule has 0 spiro atoms. The Morgan fingerprint density at radius 1 is 1.25 bits per heavy atom. The van der Waals surface area contributed by atoms with E-state index in [0.29, 0.717) is 16.3 Å².